The fraction of sp³-hybridized carbons (Fsp3) is 0.579. The lowest BCUT2D eigenvalue weighted by molar-refractivity contribution is -0.128. The summed E-state index contributed by atoms with van der Waals surface area (Å²) < 4.78 is 0.885. The van der Waals surface area contributed by atoms with Crippen LogP contribution in [0.2, 0.25) is 0 Å². The van der Waals surface area contributed by atoms with Gasteiger partial charge in [0.05, 0.1) is 5.71 Å². The molecule has 0 aromatic heterocycles. The van der Waals surface area contributed by atoms with Crippen LogP contribution < -0.4 is 5.32 Å². The molecule has 0 aromatic carbocycles. The van der Waals surface area contributed by atoms with Crippen molar-refractivity contribution in [3.05, 3.63) is 22.7 Å². The van der Waals surface area contributed by atoms with Gasteiger partial charge in [0.2, 0.25) is 16.9 Å². The van der Waals surface area contributed by atoms with Crippen molar-refractivity contribution in [3.63, 3.8) is 0 Å². The van der Waals surface area contributed by atoms with Gasteiger partial charge in [-0.1, -0.05) is 41.3 Å². The number of unbranched alkanes of at least 4 members (excludes halogenated alkanes) is 2. The Labute approximate surface area is 168 Å². The van der Waals surface area contributed by atoms with Crippen molar-refractivity contribution in [2.24, 2.45) is 10.9 Å². The Balaban J connectivity index is 1.40. The Hall–Kier alpha value is -1.34. The molecule has 1 fully saturated rings. The summed E-state index contributed by atoms with van der Waals surface area (Å²) in [4.78, 5) is 30.6. The van der Waals surface area contributed by atoms with Gasteiger partial charge in [-0.3, -0.25) is 14.5 Å². The average Bonchev–Trinajstić information content (AvgIpc) is 3.11. The van der Waals surface area contributed by atoms with Crippen LogP contribution in [-0.2, 0) is 9.59 Å². The van der Waals surface area contributed by atoms with Gasteiger partial charge < -0.3 is 5.32 Å². The lowest BCUT2D eigenvalue weighted by atomic mass is 9.95. The predicted molar refractivity (Wildman–Crippen MR) is 110 cm³/mol. The van der Waals surface area contributed by atoms with Gasteiger partial charge in [0.15, 0.2) is 0 Å². The van der Waals surface area contributed by atoms with Crippen molar-refractivity contribution in [2.75, 3.05) is 6.54 Å². The van der Waals surface area contributed by atoms with Crippen molar-refractivity contribution < 1.29 is 9.59 Å². The number of carbonyl (C=O) groups is 2. The summed E-state index contributed by atoms with van der Waals surface area (Å²) in [7, 11) is 0. The zero-order chi connectivity index (χ0) is 18.5. The highest BCUT2D eigenvalue weighted by Gasteiger charge is 2.34. The normalized spacial score (nSPS) is 23.0. The molecule has 1 N–H and O–H groups in total. The lowest BCUT2D eigenvalue weighted by Crippen LogP contribution is -2.46. The van der Waals surface area contributed by atoms with Crippen LogP contribution in [0.15, 0.2) is 27.7 Å². The highest BCUT2D eigenvalue weighted by molar-refractivity contribution is 9.11. The SMILES string of the molecule is O=C(CCCCCN1C(=O)C2C=C(Br)C=CC2=NC1=S)NC1CCCC1. The van der Waals surface area contributed by atoms with Crippen molar-refractivity contribution >= 4 is 50.8 Å². The molecule has 1 saturated carbocycles. The number of hydrogen-bond donors (Lipinski definition) is 1. The van der Waals surface area contributed by atoms with Gasteiger partial charge in [-0.15, -0.1) is 0 Å². The number of thiocarbonyl (C=S) groups is 1. The molecule has 2 amide bonds. The van der Waals surface area contributed by atoms with E-state index in [4.69, 9.17) is 12.2 Å². The van der Waals surface area contributed by atoms with Crippen molar-refractivity contribution in [1.82, 2.24) is 10.2 Å². The van der Waals surface area contributed by atoms with E-state index in [1.54, 1.807) is 4.90 Å². The molecule has 2 aliphatic carbocycles. The fourth-order valence-corrected chi connectivity index (χ4v) is 4.30. The summed E-state index contributed by atoms with van der Waals surface area (Å²) in [5.74, 6) is -0.210. The lowest BCUT2D eigenvalue weighted by Gasteiger charge is -2.30. The summed E-state index contributed by atoms with van der Waals surface area (Å²) in [5.41, 5.74) is 0.711. The van der Waals surface area contributed by atoms with Gasteiger partial charge in [0.25, 0.3) is 0 Å². The van der Waals surface area contributed by atoms with E-state index in [9.17, 15) is 9.59 Å². The van der Waals surface area contributed by atoms with E-state index in [1.807, 2.05) is 18.2 Å². The van der Waals surface area contributed by atoms with Crippen molar-refractivity contribution in [2.45, 2.75) is 57.4 Å². The third kappa shape index (κ3) is 4.88. The van der Waals surface area contributed by atoms with Crippen LogP contribution in [0.3, 0.4) is 0 Å². The number of carbonyl (C=O) groups excluding carboxylic acids is 2. The number of fused-ring (bicyclic) bond motifs is 1. The molecular weight excluding hydrogens is 414 g/mol. The van der Waals surface area contributed by atoms with E-state index in [1.165, 1.54) is 12.8 Å². The molecule has 1 heterocycles. The number of hydrogen-bond acceptors (Lipinski definition) is 3. The molecule has 3 aliphatic rings. The first-order valence-corrected chi connectivity index (χ1v) is 10.5. The molecular formula is C19H24BrN3O2S. The standard InChI is InChI=1S/C19H24BrN3O2S/c20-13-9-10-16-15(12-13)18(25)23(19(26)22-16)11-5-1-2-8-17(24)21-14-6-3-4-7-14/h9-10,12,14-15H,1-8,11H2,(H,21,24). The van der Waals surface area contributed by atoms with Crippen LogP contribution >= 0.6 is 28.1 Å². The highest BCUT2D eigenvalue weighted by Crippen LogP contribution is 2.25. The second-order valence-corrected chi connectivity index (χ2v) is 8.31. The maximum absolute atomic E-state index is 12.7. The molecule has 0 bridgehead atoms. The topological polar surface area (TPSA) is 61.8 Å². The third-order valence-corrected chi connectivity index (χ3v) is 5.89. The second kappa shape index (κ2) is 9.04. The number of rotatable bonds is 7. The minimum absolute atomic E-state index is 0.0136. The molecule has 0 spiro atoms. The van der Waals surface area contributed by atoms with Crippen LogP contribution in [0.1, 0.15) is 51.4 Å². The molecule has 140 valence electrons. The number of allylic oxidation sites excluding steroid dienone is 3. The quantitative estimate of drug-likeness (QED) is 0.488. The Morgan fingerprint density at radius 1 is 1.27 bits per heavy atom. The maximum atomic E-state index is 12.7. The third-order valence-electron chi connectivity index (χ3n) is 5.05. The summed E-state index contributed by atoms with van der Waals surface area (Å²) in [5, 5.41) is 3.45. The highest BCUT2D eigenvalue weighted by atomic mass is 79.9. The van der Waals surface area contributed by atoms with Crippen LogP contribution in [0, 0.1) is 5.92 Å². The predicted octanol–water partition coefficient (Wildman–Crippen LogP) is 3.64. The number of amides is 2. The number of halogens is 1. The van der Waals surface area contributed by atoms with E-state index in [-0.39, 0.29) is 17.7 Å². The Kier molecular flexibility index (Phi) is 6.75. The molecule has 1 unspecified atom stereocenters. The molecule has 5 nitrogen and oxygen atoms in total. The summed E-state index contributed by atoms with van der Waals surface area (Å²) >= 11 is 8.70. The van der Waals surface area contributed by atoms with Gasteiger partial charge >= 0.3 is 0 Å². The molecule has 1 aliphatic heterocycles. The molecule has 26 heavy (non-hydrogen) atoms. The molecule has 7 heteroatoms. The number of aliphatic imine (C=N–C) groups is 1. The monoisotopic (exact) mass is 437 g/mol. The van der Waals surface area contributed by atoms with Gasteiger partial charge in [0, 0.05) is 23.5 Å². The fourth-order valence-electron chi connectivity index (χ4n) is 3.61. The summed E-state index contributed by atoms with van der Waals surface area (Å²) in [6.07, 6.45) is 13.3. The van der Waals surface area contributed by atoms with Crippen LogP contribution in [0.5, 0.6) is 0 Å². The van der Waals surface area contributed by atoms with E-state index < -0.39 is 0 Å². The van der Waals surface area contributed by atoms with Crippen molar-refractivity contribution in [3.8, 4) is 0 Å². The zero-order valence-corrected chi connectivity index (χ0v) is 17.2. The molecule has 3 rings (SSSR count). The molecule has 0 saturated heterocycles. The maximum Gasteiger partial charge on any atom is 0.241 e. The van der Waals surface area contributed by atoms with Crippen LogP contribution in [0.25, 0.3) is 0 Å². The van der Waals surface area contributed by atoms with Crippen molar-refractivity contribution in [1.29, 1.82) is 0 Å². The minimum atomic E-state index is -0.349. The van der Waals surface area contributed by atoms with E-state index in [2.05, 4.69) is 26.2 Å². The van der Waals surface area contributed by atoms with Gasteiger partial charge in [-0.05, 0) is 50.1 Å². The first-order valence-electron chi connectivity index (χ1n) is 9.33. The van der Waals surface area contributed by atoms with Gasteiger partial charge in [-0.25, -0.2) is 4.99 Å². The Morgan fingerprint density at radius 3 is 2.81 bits per heavy atom. The zero-order valence-electron chi connectivity index (χ0n) is 14.7. The van der Waals surface area contributed by atoms with Crippen LogP contribution in [-0.4, -0.2) is 40.1 Å². The average molecular weight is 438 g/mol. The van der Waals surface area contributed by atoms with E-state index >= 15 is 0 Å². The smallest absolute Gasteiger partial charge is 0.241 e. The largest absolute Gasteiger partial charge is 0.353 e. The summed E-state index contributed by atoms with van der Waals surface area (Å²) in [6, 6.07) is 0.384. The second-order valence-electron chi connectivity index (χ2n) is 7.03. The summed E-state index contributed by atoms with van der Waals surface area (Å²) in [6.45, 7) is 0.560. The Bertz CT molecular complexity index is 680. The van der Waals surface area contributed by atoms with E-state index in [0.717, 1.165) is 36.6 Å². The number of nitrogens with one attached hydrogen (secondary N) is 1. The van der Waals surface area contributed by atoms with Gasteiger partial charge in [0.1, 0.15) is 5.92 Å². The first-order chi connectivity index (χ1) is 12.5. The number of nitrogens with zero attached hydrogens (tertiary/aromatic N) is 2. The Morgan fingerprint density at radius 2 is 2.04 bits per heavy atom. The van der Waals surface area contributed by atoms with Gasteiger partial charge in [-0.2, -0.15) is 0 Å². The van der Waals surface area contributed by atoms with E-state index in [0.29, 0.717) is 29.8 Å². The molecule has 0 aromatic rings. The molecule has 1 atom stereocenters. The minimum Gasteiger partial charge on any atom is -0.353 e. The molecule has 0 radical (unpaired) electrons. The first kappa shape index (κ1) is 19.4. The van der Waals surface area contributed by atoms with Crippen LogP contribution in [0.4, 0.5) is 0 Å².